The second kappa shape index (κ2) is 3.89. The SMILES string of the molecule is CC1CCC(C(=O)OC(C)(C)C)C1N. The predicted octanol–water partition coefficient (Wildman–Crippen LogP) is 1.70. The summed E-state index contributed by atoms with van der Waals surface area (Å²) in [6, 6.07) is -0.0233. The van der Waals surface area contributed by atoms with Crippen LogP contribution in [0.3, 0.4) is 0 Å². The average Bonchev–Trinajstić information content (AvgIpc) is 2.29. The molecule has 2 N–H and O–H groups in total. The lowest BCUT2D eigenvalue weighted by atomic mass is 10.00. The first kappa shape index (κ1) is 11.5. The van der Waals surface area contributed by atoms with Gasteiger partial charge in [0.25, 0.3) is 0 Å². The van der Waals surface area contributed by atoms with E-state index >= 15 is 0 Å². The number of carbonyl (C=O) groups is 1. The predicted molar refractivity (Wildman–Crippen MR) is 55.7 cm³/mol. The minimum Gasteiger partial charge on any atom is -0.460 e. The van der Waals surface area contributed by atoms with Crippen LogP contribution in [0.25, 0.3) is 0 Å². The third-order valence-electron chi connectivity index (χ3n) is 2.76. The van der Waals surface area contributed by atoms with Crippen LogP contribution in [-0.2, 0) is 9.53 Å². The Labute approximate surface area is 86.0 Å². The van der Waals surface area contributed by atoms with Crippen LogP contribution in [0.2, 0.25) is 0 Å². The fraction of sp³-hybridized carbons (Fsp3) is 0.909. The zero-order valence-electron chi connectivity index (χ0n) is 9.54. The van der Waals surface area contributed by atoms with E-state index in [0.717, 1.165) is 12.8 Å². The molecule has 1 aliphatic rings. The minimum absolute atomic E-state index is 0.0233. The number of esters is 1. The molecule has 0 aromatic carbocycles. The van der Waals surface area contributed by atoms with Gasteiger partial charge in [-0.2, -0.15) is 0 Å². The summed E-state index contributed by atoms with van der Waals surface area (Å²) in [4.78, 5) is 11.7. The average molecular weight is 199 g/mol. The molecule has 1 saturated carbocycles. The topological polar surface area (TPSA) is 52.3 Å². The molecule has 1 fully saturated rings. The van der Waals surface area contributed by atoms with Crippen molar-refractivity contribution < 1.29 is 9.53 Å². The van der Waals surface area contributed by atoms with Gasteiger partial charge in [0.1, 0.15) is 5.60 Å². The summed E-state index contributed by atoms with van der Waals surface area (Å²) in [6.07, 6.45) is 1.91. The molecule has 0 aromatic rings. The second-order valence-corrected chi connectivity index (χ2v) is 5.27. The molecule has 0 saturated heterocycles. The van der Waals surface area contributed by atoms with E-state index < -0.39 is 5.60 Å². The molecule has 0 aliphatic heterocycles. The van der Waals surface area contributed by atoms with E-state index in [-0.39, 0.29) is 17.9 Å². The first-order valence-corrected chi connectivity index (χ1v) is 5.29. The zero-order valence-corrected chi connectivity index (χ0v) is 9.54. The highest BCUT2D eigenvalue weighted by atomic mass is 16.6. The Morgan fingerprint density at radius 1 is 1.36 bits per heavy atom. The minimum atomic E-state index is -0.400. The standard InChI is InChI=1S/C11H21NO2/c1-7-5-6-8(9(7)12)10(13)14-11(2,3)4/h7-9H,5-6,12H2,1-4H3. The molecule has 0 spiro atoms. The van der Waals surface area contributed by atoms with Gasteiger partial charge in [-0.15, -0.1) is 0 Å². The van der Waals surface area contributed by atoms with Gasteiger partial charge in [0.05, 0.1) is 5.92 Å². The largest absolute Gasteiger partial charge is 0.460 e. The quantitative estimate of drug-likeness (QED) is 0.654. The van der Waals surface area contributed by atoms with Crippen molar-refractivity contribution in [2.24, 2.45) is 17.6 Å². The van der Waals surface area contributed by atoms with Gasteiger partial charge in [0.15, 0.2) is 0 Å². The smallest absolute Gasteiger partial charge is 0.311 e. The van der Waals surface area contributed by atoms with Gasteiger partial charge in [0, 0.05) is 6.04 Å². The van der Waals surface area contributed by atoms with E-state index in [1.54, 1.807) is 0 Å². The molecule has 0 aromatic heterocycles. The van der Waals surface area contributed by atoms with Crippen LogP contribution in [0.4, 0.5) is 0 Å². The third-order valence-corrected chi connectivity index (χ3v) is 2.76. The van der Waals surface area contributed by atoms with E-state index in [4.69, 9.17) is 10.5 Å². The van der Waals surface area contributed by atoms with Gasteiger partial charge in [-0.05, 0) is 39.5 Å². The zero-order chi connectivity index (χ0) is 10.9. The van der Waals surface area contributed by atoms with Gasteiger partial charge in [-0.25, -0.2) is 0 Å². The van der Waals surface area contributed by atoms with Gasteiger partial charge in [-0.1, -0.05) is 6.92 Å². The van der Waals surface area contributed by atoms with Crippen molar-refractivity contribution >= 4 is 5.97 Å². The lowest BCUT2D eigenvalue weighted by molar-refractivity contribution is -0.160. The highest BCUT2D eigenvalue weighted by Crippen LogP contribution is 2.31. The molecule has 0 radical (unpaired) electrons. The maximum atomic E-state index is 11.7. The van der Waals surface area contributed by atoms with E-state index in [1.165, 1.54) is 0 Å². The molecular formula is C11H21NO2. The van der Waals surface area contributed by atoms with E-state index in [2.05, 4.69) is 6.92 Å². The fourth-order valence-corrected chi connectivity index (χ4v) is 1.88. The maximum Gasteiger partial charge on any atom is 0.311 e. The van der Waals surface area contributed by atoms with Gasteiger partial charge in [-0.3, -0.25) is 4.79 Å². The number of nitrogens with two attached hydrogens (primary N) is 1. The molecule has 1 aliphatic carbocycles. The van der Waals surface area contributed by atoms with Crippen LogP contribution in [0.5, 0.6) is 0 Å². The summed E-state index contributed by atoms with van der Waals surface area (Å²) in [7, 11) is 0. The fourth-order valence-electron chi connectivity index (χ4n) is 1.88. The van der Waals surface area contributed by atoms with Crippen molar-refractivity contribution in [2.75, 3.05) is 0 Å². The first-order chi connectivity index (χ1) is 6.31. The van der Waals surface area contributed by atoms with Crippen molar-refractivity contribution in [3.05, 3.63) is 0 Å². The Morgan fingerprint density at radius 2 is 1.93 bits per heavy atom. The molecule has 3 heteroatoms. The second-order valence-electron chi connectivity index (χ2n) is 5.27. The Hall–Kier alpha value is -0.570. The third kappa shape index (κ3) is 2.71. The van der Waals surface area contributed by atoms with Gasteiger partial charge >= 0.3 is 5.97 Å². The van der Waals surface area contributed by atoms with Crippen LogP contribution in [0.1, 0.15) is 40.5 Å². The lowest BCUT2D eigenvalue weighted by Crippen LogP contribution is -2.38. The summed E-state index contributed by atoms with van der Waals surface area (Å²) in [5.41, 5.74) is 5.54. The summed E-state index contributed by atoms with van der Waals surface area (Å²) in [5.74, 6) is 0.214. The molecular weight excluding hydrogens is 178 g/mol. The number of carbonyl (C=O) groups excluding carboxylic acids is 1. The van der Waals surface area contributed by atoms with E-state index in [0.29, 0.717) is 5.92 Å². The van der Waals surface area contributed by atoms with Gasteiger partial charge in [0.2, 0.25) is 0 Å². The maximum absolute atomic E-state index is 11.7. The molecule has 3 nitrogen and oxygen atoms in total. The molecule has 3 unspecified atom stereocenters. The molecule has 82 valence electrons. The van der Waals surface area contributed by atoms with Crippen molar-refractivity contribution in [2.45, 2.75) is 52.2 Å². The Kier molecular flexibility index (Phi) is 3.20. The molecule has 3 atom stereocenters. The highest BCUT2D eigenvalue weighted by Gasteiger charge is 2.37. The molecule has 1 rings (SSSR count). The molecule has 0 heterocycles. The van der Waals surface area contributed by atoms with Crippen molar-refractivity contribution in [3.63, 3.8) is 0 Å². The number of hydrogen-bond donors (Lipinski definition) is 1. The van der Waals surface area contributed by atoms with Crippen molar-refractivity contribution in [3.8, 4) is 0 Å². The summed E-state index contributed by atoms with van der Waals surface area (Å²) >= 11 is 0. The summed E-state index contributed by atoms with van der Waals surface area (Å²) in [6.45, 7) is 7.74. The molecule has 0 bridgehead atoms. The van der Waals surface area contributed by atoms with Gasteiger partial charge < -0.3 is 10.5 Å². The molecule has 14 heavy (non-hydrogen) atoms. The normalized spacial score (nSPS) is 33.1. The van der Waals surface area contributed by atoms with Crippen molar-refractivity contribution in [1.29, 1.82) is 0 Å². The van der Waals surface area contributed by atoms with Crippen LogP contribution in [0, 0.1) is 11.8 Å². The number of hydrogen-bond acceptors (Lipinski definition) is 3. The monoisotopic (exact) mass is 199 g/mol. The lowest BCUT2D eigenvalue weighted by Gasteiger charge is -2.24. The Morgan fingerprint density at radius 3 is 2.29 bits per heavy atom. The summed E-state index contributed by atoms with van der Waals surface area (Å²) < 4.78 is 5.32. The first-order valence-electron chi connectivity index (χ1n) is 5.29. The molecule has 0 amide bonds. The number of rotatable bonds is 1. The number of ether oxygens (including phenoxy) is 1. The van der Waals surface area contributed by atoms with Crippen molar-refractivity contribution in [1.82, 2.24) is 0 Å². The van der Waals surface area contributed by atoms with Crippen LogP contribution >= 0.6 is 0 Å². The summed E-state index contributed by atoms with van der Waals surface area (Å²) in [5, 5.41) is 0. The van der Waals surface area contributed by atoms with E-state index in [1.807, 2.05) is 20.8 Å². The van der Waals surface area contributed by atoms with Crippen LogP contribution < -0.4 is 5.73 Å². The van der Waals surface area contributed by atoms with E-state index in [9.17, 15) is 4.79 Å². The highest BCUT2D eigenvalue weighted by molar-refractivity contribution is 5.74. The Bertz CT molecular complexity index is 220. The van der Waals surface area contributed by atoms with Crippen LogP contribution in [0.15, 0.2) is 0 Å². The Balaban J connectivity index is 2.54. The van der Waals surface area contributed by atoms with Crippen LogP contribution in [-0.4, -0.2) is 17.6 Å².